The molecule has 1 aromatic heterocycles. The van der Waals surface area contributed by atoms with Crippen molar-refractivity contribution in [3.8, 4) is 5.75 Å². The summed E-state index contributed by atoms with van der Waals surface area (Å²) >= 11 is 6.01. The van der Waals surface area contributed by atoms with Crippen LogP contribution in [0.25, 0.3) is 0 Å². The van der Waals surface area contributed by atoms with Gasteiger partial charge in [0.15, 0.2) is 6.17 Å². The predicted molar refractivity (Wildman–Crippen MR) is 114 cm³/mol. The lowest BCUT2D eigenvalue weighted by Gasteiger charge is -2.35. The summed E-state index contributed by atoms with van der Waals surface area (Å²) in [6, 6.07) is 15.4. The largest absolute Gasteiger partial charge is 0.507 e. The predicted octanol–water partition coefficient (Wildman–Crippen LogP) is 4.30. The Kier molecular flexibility index (Phi) is 5.05. The highest BCUT2D eigenvalue weighted by atomic mass is 35.5. The van der Waals surface area contributed by atoms with Gasteiger partial charge in [-0.15, -0.1) is 0 Å². The summed E-state index contributed by atoms with van der Waals surface area (Å²) in [7, 11) is 0. The van der Waals surface area contributed by atoms with Gasteiger partial charge in [-0.2, -0.15) is 5.10 Å². The van der Waals surface area contributed by atoms with Crippen LogP contribution >= 0.6 is 11.6 Å². The van der Waals surface area contributed by atoms with Crippen LogP contribution in [0, 0.1) is 6.92 Å². The molecule has 0 saturated carbocycles. The molecule has 2 heterocycles. The van der Waals surface area contributed by atoms with E-state index in [0.29, 0.717) is 16.3 Å². The topological polar surface area (TPSA) is 95.1 Å². The van der Waals surface area contributed by atoms with Crippen LogP contribution in [0.5, 0.6) is 5.75 Å². The number of amides is 1. The number of aromatic hydroxyl groups is 1. The monoisotopic (exact) mass is 423 g/mol. The van der Waals surface area contributed by atoms with E-state index in [1.807, 2.05) is 12.1 Å². The lowest BCUT2D eigenvalue weighted by molar-refractivity contribution is 0.0689. The molecule has 0 radical (unpaired) electrons. The summed E-state index contributed by atoms with van der Waals surface area (Å²) in [5.74, 6) is -0.330. The number of hydrazone groups is 1. The minimum Gasteiger partial charge on any atom is -0.507 e. The third-order valence-electron chi connectivity index (χ3n) is 4.76. The van der Waals surface area contributed by atoms with Gasteiger partial charge < -0.3 is 14.8 Å². The van der Waals surface area contributed by atoms with Gasteiger partial charge in [-0.1, -0.05) is 35.9 Å². The zero-order chi connectivity index (χ0) is 21.4. The molecule has 0 aliphatic carbocycles. The first-order chi connectivity index (χ1) is 14.3. The number of carbonyl (C=O) groups is 1. The Labute approximate surface area is 177 Å². The van der Waals surface area contributed by atoms with E-state index in [4.69, 9.17) is 16.0 Å². The van der Waals surface area contributed by atoms with E-state index in [-0.39, 0.29) is 28.7 Å². The first-order valence-electron chi connectivity index (χ1n) is 9.19. The minimum absolute atomic E-state index is 0.0953. The normalized spacial score (nSPS) is 16.2. The van der Waals surface area contributed by atoms with E-state index < -0.39 is 11.8 Å². The summed E-state index contributed by atoms with van der Waals surface area (Å²) in [6.07, 6.45) is -0.640. The Bertz CT molecular complexity index is 1220. The molecule has 1 aliphatic rings. The summed E-state index contributed by atoms with van der Waals surface area (Å²) in [6.45, 7) is 3.09. The Morgan fingerprint density at radius 2 is 1.87 bits per heavy atom. The van der Waals surface area contributed by atoms with E-state index in [2.05, 4.69) is 10.4 Å². The lowest BCUT2D eigenvalue weighted by atomic mass is 10.0. The molecule has 1 amide bonds. The quantitative estimate of drug-likeness (QED) is 0.612. The molecule has 0 saturated heterocycles. The third kappa shape index (κ3) is 3.55. The summed E-state index contributed by atoms with van der Waals surface area (Å²) in [5.41, 5.74) is 1.19. The van der Waals surface area contributed by atoms with Crippen molar-refractivity contribution in [3.05, 3.63) is 92.5 Å². The van der Waals surface area contributed by atoms with Gasteiger partial charge in [0.25, 0.3) is 5.91 Å². The standard InChI is InChI=1S/C22H18ClN3O4/c1-12-11-18(27)19(22(29)30-12)13(2)25-26-20(14-7-9-15(23)10-8-14)24-17-6-4-3-5-16(17)21(26)28/h3-11,20,24,27H,1-2H3/b25-13+. The number of hydrogen-bond donors (Lipinski definition) is 2. The number of benzene rings is 2. The molecule has 4 rings (SSSR count). The number of halogens is 1. The van der Waals surface area contributed by atoms with Gasteiger partial charge in [0, 0.05) is 16.8 Å². The second kappa shape index (κ2) is 7.68. The maximum absolute atomic E-state index is 13.2. The van der Waals surface area contributed by atoms with Crippen molar-refractivity contribution in [1.82, 2.24) is 5.01 Å². The van der Waals surface area contributed by atoms with Crippen LogP contribution in [0.1, 0.15) is 40.3 Å². The van der Waals surface area contributed by atoms with E-state index >= 15 is 0 Å². The Morgan fingerprint density at radius 3 is 2.57 bits per heavy atom. The number of fused-ring (bicyclic) bond motifs is 1. The van der Waals surface area contributed by atoms with E-state index in [9.17, 15) is 14.7 Å². The van der Waals surface area contributed by atoms with E-state index in [1.165, 1.54) is 18.0 Å². The highest BCUT2D eigenvalue weighted by Crippen LogP contribution is 2.34. The molecule has 3 aromatic rings. The van der Waals surface area contributed by atoms with Gasteiger partial charge >= 0.3 is 5.63 Å². The van der Waals surface area contributed by atoms with Crippen molar-refractivity contribution in [2.45, 2.75) is 20.0 Å². The fourth-order valence-electron chi connectivity index (χ4n) is 3.36. The molecule has 30 heavy (non-hydrogen) atoms. The highest BCUT2D eigenvalue weighted by molar-refractivity contribution is 6.30. The van der Waals surface area contributed by atoms with Crippen LogP contribution in [0.3, 0.4) is 0 Å². The van der Waals surface area contributed by atoms with Gasteiger partial charge in [-0.25, -0.2) is 9.80 Å². The number of anilines is 1. The first kappa shape index (κ1) is 19.7. The number of nitrogens with one attached hydrogen (secondary N) is 1. The average Bonchev–Trinajstić information content (AvgIpc) is 2.70. The number of rotatable bonds is 3. The second-order valence-electron chi connectivity index (χ2n) is 6.88. The summed E-state index contributed by atoms with van der Waals surface area (Å²) in [5, 5.41) is 19.8. The number of carbonyl (C=O) groups excluding carboxylic acids is 1. The van der Waals surface area contributed by atoms with Crippen molar-refractivity contribution in [2.75, 3.05) is 5.32 Å². The Hall–Kier alpha value is -3.58. The zero-order valence-electron chi connectivity index (χ0n) is 16.2. The molecular weight excluding hydrogens is 406 g/mol. The molecule has 1 atom stereocenters. The zero-order valence-corrected chi connectivity index (χ0v) is 17.0. The molecule has 2 N–H and O–H groups in total. The Morgan fingerprint density at radius 1 is 1.17 bits per heavy atom. The summed E-state index contributed by atoms with van der Waals surface area (Å²) < 4.78 is 5.08. The van der Waals surface area contributed by atoms with Crippen molar-refractivity contribution in [3.63, 3.8) is 0 Å². The van der Waals surface area contributed by atoms with E-state index in [1.54, 1.807) is 43.3 Å². The fraction of sp³-hybridized carbons (Fsp3) is 0.136. The van der Waals surface area contributed by atoms with Crippen LogP contribution in [-0.2, 0) is 0 Å². The molecule has 1 unspecified atom stereocenters. The smallest absolute Gasteiger partial charge is 0.348 e. The van der Waals surface area contributed by atoms with Crippen molar-refractivity contribution >= 4 is 28.9 Å². The molecule has 2 aromatic carbocycles. The molecule has 7 nitrogen and oxygen atoms in total. The fourth-order valence-corrected chi connectivity index (χ4v) is 3.48. The van der Waals surface area contributed by atoms with Crippen LogP contribution in [0.15, 0.2) is 68.9 Å². The highest BCUT2D eigenvalue weighted by Gasteiger charge is 2.33. The van der Waals surface area contributed by atoms with Gasteiger partial charge in [-0.05, 0) is 43.7 Å². The molecule has 0 fully saturated rings. The third-order valence-corrected chi connectivity index (χ3v) is 5.01. The SMILES string of the molecule is C/C(=N\N1C(=O)c2ccccc2NC1c1ccc(Cl)cc1)c1c(O)cc(C)oc1=O. The molecule has 8 heteroatoms. The van der Waals surface area contributed by atoms with E-state index in [0.717, 1.165) is 5.56 Å². The Balaban J connectivity index is 1.84. The van der Waals surface area contributed by atoms with Crippen molar-refractivity contribution in [1.29, 1.82) is 0 Å². The van der Waals surface area contributed by atoms with Gasteiger partial charge in [0.05, 0.1) is 11.3 Å². The maximum Gasteiger partial charge on any atom is 0.348 e. The number of nitrogens with zero attached hydrogens (tertiary/aromatic N) is 2. The van der Waals surface area contributed by atoms with Crippen molar-refractivity contribution < 1.29 is 14.3 Å². The van der Waals surface area contributed by atoms with Gasteiger partial charge in [-0.3, -0.25) is 4.79 Å². The molecule has 0 spiro atoms. The molecule has 0 bridgehead atoms. The first-order valence-corrected chi connectivity index (χ1v) is 9.57. The lowest BCUT2D eigenvalue weighted by Crippen LogP contribution is -2.40. The minimum atomic E-state index is -0.727. The molecule has 152 valence electrons. The molecule has 1 aliphatic heterocycles. The van der Waals surface area contributed by atoms with Crippen LogP contribution in [0.2, 0.25) is 5.02 Å². The second-order valence-corrected chi connectivity index (χ2v) is 7.32. The van der Waals surface area contributed by atoms with Gasteiger partial charge in [0.1, 0.15) is 17.1 Å². The average molecular weight is 424 g/mol. The van der Waals surface area contributed by atoms with Crippen LogP contribution < -0.4 is 10.9 Å². The van der Waals surface area contributed by atoms with Crippen molar-refractivity contribution in [2.24, 2.45) is 5.10 Å². The number of para-hydroxylation sites is 1. The molecular formula is C22H18ClN3O4. The summed E-state index contributed by atoms with van der Waals surface area (Å²) in [4.78, 5) is 25.5. The van der Waals surface area contributed by atoms with Crippen LogP contribution in [-0.4, -0.2) is 21.7 Å². The van der Waals surface area contributed by atoms with Gasteiger partial charge in [0.2, 0.25) is 0 Å². The number of aryl methyl sites for hydroxylation is 1. The van der Waals surface area contributed by atoms with Crippen LogP contribution in [0.4, 0.5) is 5.69 Å². The number of hydrogen-bond acceptors (Lipinski definition) is 6. The maximum atomic E-state index is 13.2.